The van der Waals surface area contributed by atoms with E-state index in [1.807, 2.05) is 6.92 Å². The summed E-state index contributed by atoms with van der Waals surface area (Å²) in [6.07, 6.45) is 3.50. The maximum absolute atomic E-state index is 13.9. The second kappa shape index (κ2) is 8.67. The highest BCUT2D eigenvalue weighted by Gasteiger charge is 2.30. The van der Waals surface area contributed by atoms with E-state index < -0.39 is 15.7 Å². The first-order valence-corrected chi connectivity index (χ1v) is 11.5. The molecule has 11 heteroatoms. The second-order valence-electron chi connectivity index (χ2n) is 7.39. The molecule has 9 nitrogen and oxygen atoms in total. The van der Waals surface area contributed by atoms with Crippen LogP contribution in [0.15, 0.2) is 30.6 Å². The zero-order chi connectivity index (χ0) is 22.0. The lowest BCUT2D eigenvalue weighted by Gasteiger charge is -2.18. The molecule has 4 rings (SSSR count). The van der Waals surface area contributed by atoms with E-state index in [0.717, 1.165) is 5.56 Å². The number of aromatic nitrogens is 5. The van der Waals surface area contributed by atoms with Gasteiger partial charge in [0.25, 0.3) is 0 Å². The molecule has 1 aromatic carbocycles. The Morgan fingerprint density at radius 1 is 1.26 bits per heavy atom. The normalized spacial score (nSPS) is 15.6. The SMILES string of the molecule is COC[C@H]1COc2ccc(F)cc2-c2nnc(CS(=O)(=O)CCc3ncc(C)cn3)n21. The van der Waals surface area contributed by atoms with Crippen molar-refractivity contribution in [3.8, 4) is 17.1 Å². The number of hydrogen-bond acceptors (Lipinski definition) is 8. The fourth-order valence-electron chi connectivity index (χ4n) is 3.43. The minimum absolute atomic E-state index is 0.130. The fraction of sp³-hybridized carbons (Fsp3) is 0.400. The Kier molecular flexibility index (Phi) is 5.96. The molecule has 0 N–H and O–H groups in total. The number of nitrogens with zero attached hydrogens (tertiary/aromatic N) is 5. The summed E-state index contributed by atoms with van der Waals surface area (Å²) in [4.78, 5) is 8.31. The van der Waals surface area contributed by atoms with E-state index in [-0.39, 0.29) is 43.0 Å². The van der Waals surface area contributed by atoms with Gasteiger partial charge in [0, 0.05) is 25.9 Å². The molecule has 0 unspecified atom stereocenters. The van der Waals surface area contributed by atoms with Crippen LogP contribution in [0.4, 0.5) is 4.39 Å². The monoisotopic (exact) mass is 447 g/mol. The molecule has 1 aliphatic rings. The van der Waals surface area contributed by atoms with Gasteiger partial charge in [-0.25, -0.2) is 22.8 Å². The van der Waals surface area contributed by atoms with Crippen molar-refractivity contribution in [1.29, 1.82) is 0 Å². The van der Waals surface area contributed by atoms with Gasteiger partial charge in [-0.1, -0.05) is 0 Å². The number of methoxy groups -OCH3 is 1. The van der Waals surface area contributed by atoms with E-state index in [0.29, 0.717) is 23.0 Å². The molecule has 0 bridgehead atoms. The Morgan fingerprint density at radius 2 is 2.03 bits per heavy atom. The van der Waals surface area contributed by atoms with Crippen molar-refractivity contribution in [2.75, 3.05) is 26.1 Å². The number of fused-ring (bicyclic) bond motifs is 3. The van der Waals surface area contributed by atoms with Crippen molar-refractivity contribution in [2.45, 2.75) is 25.1 Å². The smallest absolute Gasteiger partial charge is 0.168 e. The Bertz CT molecular complexity index is 1180. The van der Waals surface area contributed by atoms with Crippen LogP contribution >= 0.6 is 0 Å². The lowest BCUT2D eigenvalue weighted by atomic mass is 10.2. The van der Waals surface area contributed by atoms with E-state index in [2.05, 4.69) is 20.2 Å². The molecule has 31 heavy (non-hydrogen) atoms. The molecule has 0 saturated carbocycles. The molecular formula is C20H22FN5O4S. The van der Waals surface area contributed by atoms with Crippen molar-refractivity contribution in [2.24, 2.45) is 0 Å². The zero-order valence-corrected chi connectivity index (χ0v) is 18.0. The van der Waals surface area contributed by atoms with Crippen LogP contribution in [0.25, 0.3) is 11.4 Å². The number of benzene rings is 1. The molecule has 1 aliphatic heterocycles. The van der Waals surface area contributed by atoms with Gasteiger partial charge < -0.3 is 14.0 Å². The third-order valence-corrected chi connectivity index (χ3v) is 6.45. The molecule has 3 aromatic rings. The van der Waals surface area contributed by atoms with Crippen LogP contribution < -0.4 is 4.74 Å². The van der Waals surface area contributed by atoms with Gasteiger partial charge in [0.2, 0.25) is 0 Å². The van der Waals surface area contributed by atoms with Gasteiger partial charge in [0.15, 0.2) is 15.7 Å². The molecular weight excluding hydrogens is 425 g/mol. The van der Waals surface area contributed by atoms with Crippen molar-refractivity contribution >= 4 is 9.84 Å². The topological polar surface area (TPSA) is 109 Å². The number of aryl methyl sites for hydroxylation is 2. The van der Waals surface area contributed by atoms with Gasteiger partial charge in [-0.2, -0.15) is 0 Å². The highest BCUT2D eigenvalue weighted by atomic mass is 32.2. The molecule has 164 valence electrons. The van der Waals surface area contributed by atoms with Gasteiger partial charge >= 0.3 is 0 Å². The molecule has 0 aliphatic carbocycles. The summed E-state index contributed by atoms with van der Waals surface area (Å²) < 4.78 is 52.3. The van der Waals surface area contributed by atoms with E-state index in [4.69, 9.17) is 9.47 Å². The molecule has 1 atom stereocenters. The fourth-order valence-corrected chi connectivity index (χ4v) is 4.66. The predicted molar refractivity (Wildman–Crippen MR) is 110 cm³/mol. The first-order chi connectivity index (χ1) is 14.9. The third-order valence-electron chi connectivity index (χ3n) is 4.92. The van der Waals surface area contributed by atoms with E-state index in [1.165, 1.54) is 18.2 Å². The van der Waals surface area contributed by atoms with Gasteiger partial charge in [-0.05, 0) is 30.7 Å². The molecule has 0 fully saturated rings. The Balaban J connectivity index is 1.63. The molecule has 0 saturated heterocycles. The van der Waals surface area contributed by atoms with Crippen LogP contribution in [-0.2, 0) is 26.7 Å². The zero-order valence-electron chi connectivity index (χ0n) is 17.2. The Hall–Kier alpha value is -2.92. The summed E-state index contributed by atoms with van der Waals surface area (Å²) in [5.41, 5.74) is 1.32. The molecule has 0 amide bonds. The van der Waals surface area contributed by atoms with Crippen LogP contribution in [0.2, 0.25) is 0 Å². The van der Waals surface area contributed by atoms with Crippen LogP contribution in [0.5, 0.6) is 5.75 Å². The predicted octanol–water partition coefficient (Wildman–Crippen LogP) is 1.92. The van der Waals surface area contributed by atoms with E-state index in [9.17, 15) is 12.8 Å². The average Bonchev–Trinajstić information content (AvgIpc) is 3.07. The minimum Gasteiger partial charge on any atom is -0.491 e. The van der Waals surface area contributed by atoms with Crippen molar-refractivity contribution in [3.63, 3.8) is 0 Å². The van der Waals surface area contributed by atoms with Crippen molar-refractivity contribution in [1.82, 2.24) is 24.7 Å². The number of ether oxygens (including phenoxy) is 2. The van der Waals surface area contributed by atoms with E-state index >= 15 is 0 Å². The highest BCUT2D eigenvalue weighted by molar-refractivity contribution is 7.90. The first kappa shape index (κ1) is 21.3. The summed E-state index contributed by atoms with van der Waals surface area (Å²) in [5, 5.41) is 8.29. The Morgan fingerprint density at radius 3 is 2.77 bits per heavy atom. The highest BCUT2D eigenvalue weighted by Crippen LogP contribution is 2.35. The van der Waals surface area contributed by atoms with Crippen LogP contribution in [-0.4, -0.2) is 59.2 Å². The molecule has 0 spiro atoms. The number of halogens is 1. The number of hydrogen-bond donors (Lipinski definition) is 0. The quantitative estimate of drug-likeness (QED) is 0.540. The van der Waals surface area contributed by atoms with Gasteiger partial charge in [0.1, 0.15) is 35.6 Å². The van der Waals surface area contributed by atoms with Crippen LogP contribution in [0.1, 0.15) is 23.3 Å². The van der Waals surface area contributed by atoms with Crippen molar-refractivity contribution < 1.29 is 22.3 Å². The molecule has 3 heterocycles. The lowest BCUT2D eigenvalue weighted by molar-refractivity contribution is 0.124. The maximum Gasteiger partial charge on any atom is 0.168 e. The summed E-state index contributed by atoms with van der Waals surface area (Å²) in [5.74, 6) is 0.619. The van der Waals surface area contributed by atoms with Crippen molar-refractivity contribution in [3.05, 3.63) is 53.6 Å². The summed E-state index contributed by atoms with van der Waals surface area (Å²) in [7, 11) is -2.00. The Labute approximate surface area is 179 Å². The second-order valence-corrected chi connectivity index (χ2v) is 9.57. The third kappa shape index (κ3) is 4.72. The van der Waals surface area contributed by atoms with E-state index in [1.54, 1.807) is 24.1 Å². The summed E-state index contributed by atoms with van der Waals surface area (Å²) >= 11 is 0. The minimum atomic E-state index is -3.54. The van der Waals surface area contributed by atoms with Gasteiger partial charge in [-0.3, -0.25) is 0 Å². The largest absolute Gasteiger partial charge is 0.491 e. The number of sulfone groups is 1. The van der Waals surface area contributed by atoms with Gasteiger partial charge in [0.05, 0.1) is 24.0 Å². The van der Waals surface area contributed by atoms with Gasteiger partial charge in [-0.15, -0.1) is 10.2 Å². The summed E-state index contributed by atoms with van der Waals surface area (Å²) in [6, 6.07) is 3.76. The molecule has 0 radical (unpaired) electrons. The van der Waals surface area contributed by atoms with Crippen LogP contribution in [0, 0.1) is 12.7 Å². The maximum atomic E-state index is 13.9. The summed E-state index contributed by atoms with van der Waals surface area (Å²) in [6.45, 7) is 2.33. The van der Waals surface area contributed by atoms with Crippen LogP contribution in [0.3, 0.4) is 0 Å². The lowest BCUT2D eigenvalue weighted by Crippen LogP contribution is -2.24. The first-order valence-electron chi connectivity index (χ1n) is 9.69. The molecule has 2 aromatic heterocycles. The standard InChI is InChI=1S/C20H22FN5O4S/c1-13-8-22-18(23-9-13)5-6-31(27,28)12-19-24-25-20-16-7-14(21)3-4-17(16)30-11-15(10-29-2)26(19)20/h3-4,7-9,15H,5-6,10-12H2,1-2H3/t15-/m0/s1. The average molecular weight is 447 g/mol. The number of rotatable bonds is 7.